The second-order valence-corrected chi connectivity index (χ2v) is 4.84. The van der Waals surface area contributed by atoms with Gasteiger partial charge in [-0.1, -0.05) is 6.92 Å². The molecule has 0 aromatic carbocycles. The first-order valence-electron chi connectivity index (χ1n) is 5.55. The minimum atomic E-state index is -0.762. The van der Waals surface area contributed by atoms with Gasteiger partial charge < -0.3 is 5.11 Å². The molecule has 0 aliphatic carbocycles. The van der Waals surface area contributed by atoms with E-state index in [1.165, 1.54) is 5.56 Å². The summed E-state index contributed by atoms with van der Waals surface area (Å²) in [5.41, 5.74) is 1.20. The van der Waals surface area contributed by atoms with E-state index < -0.39 is 5.97 Å². The Morgan fingerprint density at radius 2 is 2.25 bits per heavy atom. The number of thiophene rings is 1. The van der Waals surface area contributed by atoms with Crippen molar-refractivity contribution < 1.29 is 9.90 Å². The summed E-state index contributed by atoms with van der Waals surface area (Å²) in [6, 6.07) is 2.51. The molecular weight excluding hydrogens is 222 g/mol. The molecule has 0 saturated heterocycles. The van der Waals surface area contributed by atoms with E-state index in [0.29, 0.717) is 0 Å². The molecule has 0 saturated carbocycles. The van der Waals surface area contributed by atoms with Gasteiger partial charge in [0.15, 0.2) is 0 Å². The van der Waals surface area contributed by atoms with Crippen LogP contribution in [0.2, 0.25) is 0 Å². The van der Waals surface area contributed by atoms with Crippen LogP contribution < -0.4 is 0 Å². The Hall–Kier alpha value is -0.870. The average molecular weight is 241 g/mol. The Labute approximate surface area is 101 Å². The van der Waals surface area contributed by atoms with Gasteiger partial charge in [0.2, 0.25) is 0 Å². The predicted octanol–water partition coefficient (Wildman–Crippen LogP) is 2.99. The summed E-state index contributed by atoms with van der Waals surface area (Å²) in [7, 11) is 0. The van der Waals surface area contributed by atoms with Crippen molar-refractivity contribution in [2.24, 2.45) is 0 Å². The van der Waals surface area contributed by atoms with Crippen LogP contribution in [0.5, 0.6) is 0 Å². The fourth-order valence-corrected chi connectivity index (χ4v) is 2.52. The van der Waals surface area contributed by atoms with Crippen LogP contribution in [0.3, 0.4) is 0 Å². The van der Waals surface area contributed by atoms with E-state index in [1.807, 2.05) is 10.3 Å². The molecule has 1 aromatic heterocycles. The topological polar surface area (TPSA) is 40.5 Å². The minimum absolute atomic E-state index is 0.103. The van der Waals surface area contributed by atoms with Crippen LogP contribution in [0.25, 0.3) is 0 Å². The highest BCUT2D eigenvalue weighted by Crippen LogP contribution is 2.24. The maximum Gasteiger partial charge on any atom is 0.317 e. The summed E-state index contributed by atoms with van der Waals surface area (Å²) in [6.07, 6.45) is 0.960. The molecule has 16 heavy (non-hydrogen) atoms. The Balaban J connectivity index is 2.79. The van der Waals surface area contributed by atoms with Crippen molar-refractivity contribution in [1.82, 2.24) is 4.90 Å². The molecule has 0 aliphatic rings. The molecule has 0 bridgehead atoms. The highest BCUT2D eigenvalue weighted by Gasteiger charge is 2.22. The fraction of sp³-hybridized carbons (Fsp3) is 0.583. The summed E-state index contributed by atoms with van der Waals surface area (Å²) in [4.78, 5) is 12.9. The minimum Gasteiger partial charge on any atom is -0.480 e. The number of nitrogens with zero attached hydrogens (tertiary/aromatic N) is 1. The lowest BCUT2D eigenvalue weighted by molar-refractivity contribution is -0.139. The second-order valence-electron chi connectivity index (χ2n) is 4.06. The normalized spacial score (nSPS) is 15.0. The summed E-state index contributed by atoms with van der Waals surface area (Å²) in [5.74, 6) is -0.762. The number of rotatable bonds is 6. The lowest BCUT2D eigenvalue weighted by Gasteiger charge is -2.32. The van der Waals surface area contributed by atoms with E-state index in [-0.39, 0.29) is 18.6 Å². The van der Waals surface area contributed by atoms with Gasteiger partial charge in [-0.2, -0.15) is 11.3 Å². The molecule has 1 heterocycles. The van der Waals surface area contributed by atoms with Gasteiger partial charge in [-0.05, 0) is 42.7 Å². The number of hydrogen-bond acceptors (Lipinski definition) is 3. The van der Waals surface area contributed by atoms with E-state index >= 15 is 0 Å². The van der Waals surface area contributed by atoms with Gasteiger partial charge >= 0.3 is 5.97 Å². The number of carboxylic acid groups (broad SMARTS) is 1. The van der Waals surface area contributed by atoms with E-state index in [9.17, 15) is 4.79 Å². The maximum atomic E-state index is 10.9. The number of carboxylic acids is 1. The first-order valence-corrected chi connectivity index (χ1v) is 6.50. The zero-order valence-corrected chi connectivity index (χ0v) is 10.8. The van der Waals surface area contributed by atoms with E-state index in [1.54, 1.807) is 11.3 Å². The lowest BCUT2D eigenvalue weighted by atomic mass is 10.1. The van der Waals surface area contributed by atoms with Crippen molar-refractivity contribution in [2.75, 3.05) is 6.54 Å². The third-order valence-electron chi connectivity index (χ3n) is 3.00. The molecule has 90 valence electrons. The van der Waals surface area contributed by atoms with Gasteiger partial charge in [0.25, 0.3) is 0 Å². The van der Waals surface area contributed by atoms with Gasteiger partial charge in [-0.25, -0.2) is 0 Å². The molecule has 0 spiro atoms. The second kappa shape index (κ2) is 6.01. The van der Waals surface area contributed by atoms with Crippen molar-refractivity contribution in [1.29, 1.82) is 0 Å². The van der Waals surface area contributed by atoms with Gasteiger partial charge in [-0.3, -0.25) is 9.69 Å². The van der Waals surface area contributed by atoms with Gasteiger partial charge in [0.1, 0.15) is 0 Å². The first kappa shape index (κ1) is 13.2. The van der Waals surface area contributed by atoms with Crippen LogP contribution in [-0.4, -0.2) is 28.6 Å². The van der Waals surface area contributed by atoms with Crippen molar-refractivity contribution >= 4 is 17.3 Å². The highest BCUT2D eigenvalue weighted by molar-refractivity contribution is 7.07. The largest absolute Gasteiger partial charge is 0.480 e. The molecule has 2 atom stereocenters. The van der Waals surface area contributed by atoms with Gasteiger partial charge in [-0.15, -0.1) is 0 Å². The molecule has 3 nitrogen and oxygen atoms in total. The van der Waals surface area contributed by atoms with Crippen LogP contribution in [0.1, 0.15) is 38.8 Å². The van der Waals surface area contributed by atoms with Crippen LogP contribution in [0.15, 0.2) is 16.8 Å². The molecule has 1 aromatic rings. The molecule has 0 radical (unpaired) electrons. The van der Waals surface area contributed by atoms with E-state index in [4.69, 9.17) is 5.11 Å². The summed E-state index contributed by atoms with van der Waals surface area (Å²) < 4.78 is 0. The Morgan fingerprint density at radius 3 is 2.69 bits per heavy atom. The van der Waals surface area contributed by atoms with Crippen LogP contribution in [-0.2, 0) is 4.79 Å². The van der Waals surface area contributed by atoms with Crippen molar-refractivity contribution in [3.05, 3.63) is 22.4 Å². The Morgan fingerprint density at radius 1 is 1.56 bits per heavy atom. The highest BCUT2D eigenvalue weighted by atomic mass is 32.1. The third kappa shape index (κ3) is 3.32. The zero-order valence-electron chi connectivity index (χ0n) is 10.0. The SMILES string of the molecule is CCC(C)N(CC(=O)O)C(C)c1ccsc1. The molecule has 1 N–H and O–H groups in total. The van der Waals surface area contributed by atoms with Crippen molar-refractivity contribution in [3.8, 4) is 0 Å². The molecule has 0 aliphatic heterocycles. The Kier molecular flexibility index (Phi) is 4.96. The predicted molar refractivity (Wildman–Crippen MR) is 66.8 cm³/mol. The number of hydrogen-bond donors (Lipinski definition) is 1. The Bertz CT molecular complexity index is 324. The fourth-order valence-electron chi connectivity index (χ4n) is 1.77. The van der Waals surface area contributed by atoms with Crippen LogP contribution in [0.4, 0.5) is 0 Å². The van der Waals surface area contributed by atoms with E-state index in [2.05, 4.69) is 32.2 Å². The molecule has 2 unspecified atom stereocenters. The number of carbonyl (C=O) groups is 1. The van der Waals surface area contributed by atoms with Crippen molar-refractivity contribution in [3.63, 3.8) is 0 Å². The molecule has 1 rings (SSSR count). The maximum absolute atomic E-state index is 10.9. The summed E-state index contributed by atoms with van der Waals surface area (Å²) in [6.45, 7) is 6.33. The monoisotopic (exact) mass is 241 g/mol. The molecule has 0 amide bonds. The molecular formula is C12H19NO2S. The first-order chi connectivity index (χ1) is 7.56. The lowest BCUT2D eigenvalue weighted by Crippen LogP contribution is -2.38. The van der Waals surface area contributed by atoms with Crippen molar-refractivity contribution in [2.45, 2.75) is 39.3 Å². The van der Waals surface area contributed by atoms with Crippen LogP contribution >= 0.6 is 11.3 Å². The quantitative estimate of drug-likeness (QED) is 0.832. The van der Waals surface area contributed by atoms with Gasteiger partial charge in [0, 0.05) is 12.1 Å². The van der Waals surface area contributed by atoms with E-state index in [0.717, 1.165) is 6.42 Å². The molecule has 0 fully saturated rings. The average Bonchev–Trinajstić information content (AvgIpc) is 2.77. The zero-order chi connectivity index (χ0) is 12.1. The third-order valence-corrected chi connectivity index (χ3v) is 3.70. The van der Waals surface area contributed by atoms with Crippen LogP contribution in [0, 0.1) is 0 Å². The smallest absolute Gasteiger partial charge is 0.317 e. The summed E-state index contributed by atoms with van der Waals surface area (Å²) in [5, 5.41) is 13.1. The van der Waals surface area contributed by atoms with Gasteiger partial charge in [0.05, 0.1) is 6.54 Å². The standard InChI is InChI=1S/C12H19NO2S/c1-4-9(2)13(7-12(14)15)10(3)11-5-6-16-8-11/h5-6,8-10H,4,7H2,1-3H3,(H,14,15). The summed E-state index contributed by atoms with van der Waals surface area (Å²) >= 11 is 1.65. The number of aliphatic carboxylic acids is 1. The molecule has 4 heteroatoms.